The average Bonchev–Trinajstić information content (AvgIpc) is 3.30. The number of carbonyl (C=O) groups excluding carboxylic acids is 2. The molecule has 0 fully saturated rings. The second-order valence-corrected chi connectivity index (χ2v) is 7.30. The SMILES string of the molecule is O=C(COC(=O)c1ccc(-c2nnc(-c3ccccc3)o2)cc1)c1ccc(Cl)c(Cl)c1. The van der Waals surface area contributed by atoms with Crippen LogP contribution in [0.2, 0.25) is 10.0 Å². The van der Waals surface area contributed by atoms with E-state index >= 15 is 0 Å². The molecule has 0 atom stereocenters. The van der Waals surface area contributed by atoms with Crippen molar-refractivity contribution in [1.82, 2.24) is 10.2 Å². The van der Waals surface area contributed by atoms with E-state index in [2.05, 4.69) is 10.2 Å². The van der Waals surface area contributed by atoms with Gasteiger partial charge in [-0.1, -0.05) is 41.4 Å². The molecule has 1 aromatic heterocycles. The number of carbonyl (C=O) groups is 2. The third-order valence-corrected chi connectivity index (χ3v) is 5.13. The zero-order chi connectivity index (χ0) is 21.8. The highest BCUT2D eigenvalue weighted by molar-refractivity contribution is 6.42. The number of nitrogens with zero attached hydrogens (tertiary/aromatic N) is 2. The smallest absolute Gasteiger partial charge is 0.338 e. The zero-order valence-electron chi connectivity index (χ0n) is 15.9. The van der Waals surface area contributed by atoms with Gasteiger partial charge in [-0.05, 0) is 54.6 Å². The van der Waals surface area contributed by atoms with Gasteiger partial charge in [0.1, 0.15) is 0 Å². The number of hydrogen-bond acceptors (Lipinski definition) is 6. The molecule has 0 saturated carbocycles. The Kier molecular flexibility index (Phi) is 6.11. The van der Waals surface area contributed by atoms with Crippen molar-refractivity contribution >= 4 is 35.0 Å². The van der Waals surface area contributed by atoms with E-state index < -0.39 is 12.6 Å². The van der Waals surface area contributed by atoms with E-state index in [1.807, 2.05) is 30.3 Å². The van der Waals surface area contributed by atoms with Crippen molar-refractivity contribution in [2.24, 2.45) is 0 Å². The molecule has 4 aromatic rings. The number of benzene rings is 3. The second-order valence-electron chi connectivity index (χ2n) is 6.48. The standard InChI is InChI=1S/C23H14Cl2N2O4/c24-18-11-10-17(12-19(18)25)20(28)13-30-23(29)16-8-6-15(7-9-16)22-27-26-21(31-22)14-4-2-1-3-5-14/h1-12H,13H2. The van der Waals surface area contributed by atoms with Crippen LogP contribution < -0.4 is 0 Å². The highest BCUT2D eigenvalue weighted by Crippen LogP contribution is 2.25. The maximum atomic E-state index is 12.3. The molecule has 8 heteroatoms. The van der Waals surface area contributed by atoms with Crippen molar-refractivity contribution in [3.05, 3.63) is 94.0 Å². The van der Waals surface area contributed by atoms with Gasteiger partial charge in [-0.15, -0.1) is 10.2 Å². The normalized spacial score (nSPS) is 10.6. The van der Waals surface area contributed by atoms with Gasteiger partial charge in [-0.3, -0.25) is 4.79 Å². The quantitative estimate of drug-likeness (QED) is 0.273. The summed E-state index contributed by atoms with van der Waals surface area (Å²) < 4.78 is 10.8. The lowest BCUT2D eigenvalue weighted by Gasteiger charge is -2.06. The molecule has 0 unspecified atom stereocenters. The fraction of sp³-hybridized carbons (Fsp3) is 0.0435. The number of ketones is 1. The first-order chi connectivity index (χ1) is 15.0. The Morgan fingerprint density at radius 2 is 1.39 bits per heavy atom. The van der Waals surface area contributed by atoms with Gasteiger partial charge < -0.3 is 9.15 Å². The Morgan fingerprint density at radius 1 is 0.774 bits per heavy atom. The molecule has 0 N–H and O–H groups in total. The van der Waals surface area contributed by atoms with E-state index in [1.165, 1.54) is 18.2 Å². The van der Waals surface area contributed by atoms with Crippen LogP contribution >= 0.6 is 23.2 Å². The van der Waals surface area contributed by atoms with Gasteiger partial charge in [-0.25, -0.2) is 4.79 Å². The van der Waals surface area contributed by atoms with Crippen molar-refractivity contribution < 1.29 is 18.7 Å². The topological polar surface area (TPSA) is 82.3 Å². The molecule has 0 aliphatic rings. The van der Waals surface area contributed by atoms with Crippen LogP contribution in [0.25, 0.3) is 22.9 Å². The summed E-state index contributed by atoms with van der Waals surface area (Å²) in [5.74, 6) is -0.285. The lowest BCUT2D eigenvalue weighted by atomic mass is 10.1. The Balaban J connectivity index is 1.40. The number of hydrogen-bond donors (Lipinski definition) is 0. The summed E-state index contributed by atoms with van der Waals surface area (Å²) in [6.07, 6.45) is 0. The third-order valence-electron chi connectivity index (χ3n) is 4.39. The molecule has 154 valence electrons. The van der Waals surface area contributed by atoms with Gasteiger partial charge in [0.2, 0.25) is 11.8 Å². The van der Waals surface area contributed by atoms with Gasteiger partial charge in [0.15, 0.2) is 12.4 Å². The van der Waals surface area contributed by atoms with Crippen LogP contribution in [-0.2, 0) is 4.74 Å². The van der Waals surface area contributed by atoms with E-state index in [0.29, 0.717) is 27.9 Å². The number of rotatable bonds is 6. The summed E-state index contributed by atoms with van der Waals surface area (Å²) in [4.78, 5) is 24.5. The van der Waals surface area contributed by atoms with E-state index in [0.717, 1.165) is 5.56 Å². The molecule has 0 aliphatic carbocycles. The average molecular weight is 453 g/mol. The van der Waals surface area contributed by atoms with Gasteiger partial charge in [-0.2, -0.15) is 0 Å². The van der Waals surface area contributed by atoms with Gasteiger partial charge in [0.25, 0.3) is 0 Å². The van der Waals surface area contributed by atoms with Gasteiger partial charge in [0, 0.05) is 16.7 Å². The van der Waals surface area contributed by atoms with Crippen LogP contribution in [0.5, 0.6) is 0 Å². The molecule has 0 amide bonds. The van der Waals surface area contributed by atoms with Crippen LogP contribution in [0.3, 0.4) is 0 Å². The fourth-order valence-corrected chi connectivity index (χ4v) is 3.05. The molecule has 3 aromatic carbocycles. The van der Waals surface area contributed by atoms with Crippen LogP contribution in [0.1, 0.15) is 20.7 Å². The minimum atomic E-state index is -0.629. The van der Waals surface area contributed by atoms with Gasteiger partial charge >= 0.3 is 5.97 Å². The molecular formula is C23H14Cl2N2O4. The maximum Gasteiger partial charge on any atom is 0.338 e. The largest absolute Gasteiger partial charge is 0.454 e. The molecule has 0 spiro atoms. The molecular weight excluding hydrogens is 439 g/mol. The summed E-state index contributed by atoms with van der Waals surface area (Å²) >= 11 is 11.7. The molecule has 1 heterocycles. The van der Waals surface area contributed by atoms with E-state index in [1.54, 1.807) is 24.3 Å². The van der Waals surface area contributed by atoms with E-state index in [4.69, 9.17) is 32.4 Å². The minimum absolute atomic E-state index is 0.255. The minimum Gasteiger partial charge on any atom is -0.454 e. The maximum absolute atomic E-state index is 12.3. The summed E-state index contributed by atoms with van der Waals surface area (Å²) in [7, 11) is 0. The Hall–Kier alpha value is -3.48. The molecule has 6 nitrogen and oxygen atoms in total. The number of esters is 1. The van der Waals surface area contributed by atoms with Crippen LogP contribution in [0.4, 0.5) is 0 Å². The highest BCUT2D eigenvalue weighted by Gasteiger charge is 2.15. The van der Waals surface area contributed by atoms with Crippen molar-refractivity contribution in [2.45, 2.75) is 0 Å². The molecule has 0 saturated heterocycles. The first-order valence-electron chi connectivity index (χ1n) is 9.16. The Labute approximate surface area is 187 Å². The summed E-state index contributed by atoms with van der Waals surface area (Å²) in [5.41, 5.74) is 2.06. The Morgan fingerprint density at radius 3 is 2.03 bits per heavy atom. The molecule has 0 aliphatic heterocycles. The van der Waals surface area contributed by atoms with Crippen molar-refractivity contribution in [1.29, 1.82) is 0 Å². The molecule has 31 heavy (non-hydrogen) atoms. The third kappa shape index (κ3) is 4.82. The van der Waals surface area contributed by atoms with E-state index in [9.17, 15) is 9.59 Å². The number of Topliss-reactive ketones (excluding diaryl/α,β-unsaturated/α-hetero) is 1. The van der Waals surface area contributed by atoms with Crippen molar-refractivity contribution in [2.75, 3.05) is 6.61 Å². The second kappa shape index (κ2) is 9.12. The lowest BCUT2D eigenvalue weighted by Crippen LogP contribution is -2.14. The summed E-state index contributed by atoms with van der Waals surface area (Å²) in [6, 6.07) is 20.3. The molecule has 0 radical (unpaired) electrons. The predicted octanol–water partition coefficient (Wildman–Crippen LogP) is 5.75. The Bertz CT molecular complexity index is 1240. The first kappa shape index (κ1) is 20.8. The number of aromatic nitrogens is 2. The lowest BCUT2D eigenvalue weighted by molar-refractivity contribution is 0.0475. The van der Waals surface area contributed by atoms with Gasteiger partial charge in [0.05, 0.1) is 15.6 Å². The fourth-order valence-electron chi connectivity index (χ4n) is 2.75. The summed E-state index contributed by atoms with van der Waals surface area (Å²) in [6.45, 7) is -0.414. The zero-order valence-corrected chi connectivity index (χ0v) is 17.4. The molecule has 4 rings (SSSR count). The monoisotopic (exact) mass is 452 g/mol. The van der Waals surface area contributed by atoms with Crippen molar-refractivity contribution in [3.8, 4) is 22.9 Å². The number of ether oxygens (including phenoxy) is 1. The van der Waals surface area contributed by atoms with Crippen LogP contribution in [0.15, 0.2) is 77.2 Å². The molecule has 0 bridgehead atoms. The number of halogens is 2. The summed E-state index contributed by atoms with van der Waals surface area (Å²) in [5, 5.41) is 8.69. The predicted molar refractivity (Wildman–Crippen MR) is 116 cm³/mol. The van der Waals surface area contributed by atoms with Crippen LogP contribution in [-0.4, -0.2) is 28.6 Å². The first-order valence-corrected chi connectivity index (χ1v) is 9.91. The highest BCUT2D eigenvalue weighted by atomic mass is 35.5. The van der Waals surface area contributed by atoms with E-state index in [-0.39, 0.29) is 16.4 Å². The van der Waals surface area contributed by atoms with Crippen molar-refractivity contribution in [3.63, 3.8) is 0 Å². The van der Waals surface area contributed by atoms with Crippen LogP contribution in [0, 0.1) is 0 Å².